The van der Waals surface area contributed by atoms with Crippen LogP contribution in [0, 0.1) is 5.92 Å². The Balaban J connectivity index is 1.38. The highest BCUT2D eigenvalue weighted by Gasteiger charge is 2.22. The third-order valence-electron chi connectivity index (χ3n) is 4.34. The van der Waals surface area contributed by atoms with E-state index in [1.54, 1.807) is 0 Å². The number of aliphatic hydroxyl groups is 1. The van der Waals surface area contributed by atoms with Crippen molar-refractivity contribution in [2.45, 2.75) is 48.4 Å². The fourth-order valence-corrected chi connectivity index (χ4v) is 4.45. The molecular formula is C16H23NOS. The van der Waals surface area contributed by atoms with Gasteiger partial charge in [0.2, 0.25) is 0 Å². The largest absolute Gasteiger partial charge is 0.393 e. The Hall–Kier alpha value is -0.510. The maximum Gasteiger partial charge on any atom is 0.0540 e. The van der Waals surface area contributed by atoms with Gasteiger partial charge in [-0.05, 0) is 56.2 Å². The van der Waals surface area contributed by atoms with Gasteiger partial charge in [0, 0.05) is 16.7 Å². The Morgan fingerprint density at radius 1 is 1.11 bits per heavy atom. The predicted octanol–water partition coefficient (Wildman–Crippen LogP) is 2.84. The normalized spacial score (nSPS) is 30.3. The number of aliphatic hydroxyl groups excluding tert-OH is 1. The molecule has 2 nitrogen and oxygen atoms in total. The molecule has 0 radical (unpaired) electrons. The van der Waals surface area contributed by atoms with Gasteiger partial charge >= 0.3 is 0 Å². The van der Waals surface area contributed by atoms with Crippen LogP contribution in [0.15, 0.2) is 29.2 Å². The molecule has 1 aromatic rings. The summed E-state index contributed by atoms with van der Waals surface area (Å²) >= 11 is 2.02. The first-order valence-corrected chi connectivity index (χ1v) is 8.32. The fraction of sp³-hybridized carbons (Fsp3) is 0.625. The first kappa shape index (κ1) is 13.5. The predicted molar refractivity (Wildman–Crippen MR) is 80.6 cm³/mol. The van der Waals surface area contributed by atoms with Crippen LogP contribution in [0.2, 0.25) is 0 Å². The van der Waals surface area contributed by atoms with Crippen molar-refractivity contribution in [1.82, 2.24) is 5.32 Å². The van der Waals surface area contributed by atoms with Gasteiger partial charge in [0.1, 0.15) is 0 Å². The van der Waals surface area contributed by atoms with E-state index in [0.717, 1.165) is 31.8 Å². The standard InChI is InChI=1S/C16H23NOS/c18-14-7-5-12(6-8-14)10-17-11-15-9-13-3-1-2-4-16(13)19-15/h1-4,12,14-15,17-18H,5-11H2. The van der Waals surface area contributed by atoms with Crippen molar-refractivity contribution < 1.29 is 5.11 Å². The molecule has 3 heteroatoms. The minimum Gasteiger partial charge on any atom is -0.393 e. The van der Waals surface area contributed by atoms with Crippen LogP contribution in [0.1, 0.15) is 31.2 Å². The minimum absolute atomic E-state index is 0.0314. The molecule has 0 aromatic heterocycles. The summed E-state index contributed by atoms with van der Waals surface area (Å²) in [6.45, 7) is 2.23. The first-order chi connectivity index (χ1) is 9.31. The zero-order valence-corrected chi connectivity index (χ0v) is 12.2. The molecule has 0 amide bonds. The van der Waals surface area contributed by atoms with Crippen LogP contribution in [0.3, 0.4) is 0 Å². The molecule has 2 N–H and O–H groups in total. The van der Waals surface area contributed by atoms with Gasteiger partial charge in [-0.3, -0.25) is 0 Å². The van der Waals surface area contributed by atoms with Crippen molar-refractivity contribution in [1.29, 1.82) is 0 Å². The molecule has 1 aromatic carbocycles. The lowest BCUT2D eigenvalue weighted by atomic mass is 9.87. The maximum atomic E-state index is 9.50. The van der Waals surface area contributed by atoms with Crippen molar-refractivity contribution in [3.8, 4) is 0 Å². The molecule has 104 valence electrons. The molecule has 1 aliphatic heterocycles. The number of hydrogen-bond acceptors (Lipinski definition) is 3. The van der Waals surface area contributed by atoms with Gasteiger partial charge in [0.05, 0.1) is 6.10 Å². The Bertz CT molecular complexity index is 390. The third-order valence-corrected chi connectivity index (χ3v) is 5.65. The molecule has 19 heavy (non-hydrogen) atoms. The van der Waals surface area contributed by atoms with Crippen molar-refractivity contribution in [3.05, 3.63) is 29.8 Å². The van der Waals surface area contributed by atoms with Crippen LogP contribution in [-0.4, -0.2) is 29.5 Å². The van der Waals surface area contributed by atoms with E-state index in [4.69, 9.17) is 0 Å². The third kappa shape index (κ3) is 3.53. The van der Waals surface area contributed by atoms with E-state index in [1.165, 1.54) is 29.7 Å². The molecule has 0 spiro atoms. The Morgan fingerprint density at radius 2 is 1.89 bits per heavy atom. The highest BCUT2D eigenvalue weighted by Crippen LogP contribution is 2.36. The molecule has 1 heterocycles. The molecule has 0 bridgehead atoms. The summed E-state index contributed by atoms with van der Waals surface area (Å²) in [5, 5.41) is 13.8. The van der Waals surface area contributed by atoms with E-state index in [1.807, 2.05) is 11.8 Å². The molecule has 0 saturated heterocycles. The lowest BCUT2D eigenvalue weighted by Gasteiger charge is -2.26. The van der Waals surface area contributed by atoms with Gasteiger partial charge in [-0.2, -0.15) is 0 Å². The van der Waals surface area contributed by atoms with E-state index in [-0.39, 0.29) is 6.10 Å². The van der Waals surface area contributed by atoms with Crippen LogP contribution in [-0.2, 0) is 6.42 Å². The van der Waals surface area contributed by atoms with Crippen molar-refractivity contribution in [3.63, 3.8) is 0 Å². The highest BCUT2D eigenvalue weighted by molar-refractivity contribution is 8.00. The number of thioether (sulfide) groups is 1. The quantitative estimate of drug-likeness (QED) is 0.887. The lowest BCUT2D eigenvalue weighted by Crippen LogP contribution is -2.32. The van der Waals surface area contributed by atoms with Gasteiger partial charge in [0.25, 0.3) is 0 Å². The summed E-state index contributed by atoms with van der Waals surface area (Å²) in [6.07, 6.45) is 5.54. The summed E-state index contributed by atoms with van der Waals surface area (Å²) in [7, 11) is 0. The maximum absolute atomic E-state index is 9.50. The Kier molecular flexibility index (Phi) is 4.46. The van der Waals surface area contributed by atoms with Gasteiger partial charge in [-0.15, -0.1) is 11.8 Å². The molecule has 1 aliphatic carbocycles. The summed E-state index contributed by atoms with van der Waals surface area (Å²) in [5.41, 5.74) is 1.51. The lowest BCUT2D eigenvalue weighted by molar-refractivity contribution is 0.108. The zero-order valence-electron chi connectivity index (χ0n) is 11.3. The summed E-state index contributed by atoms with van der Waals surface area (Å²) in [6, 6.07) is 8.77. The van der Waals surface area contributed by atoms with Crippen LogP contribution in [0.5, 0.6) is 0 Å². The summed E-state index contributed by atoms with van der Waals surface area (Å²) < 4.78 is 0. The van der Waals surface area contributed by atoms with E-state index in [2.05, 4.69) is 29.6 Å². The van der Waals surface area contributed by atoms with Crippen molar-refractivity contribution in [2.75, 3.05) is 13.1 Å². The Morgan fingerprint density at radius 3 is 2.68 bits per heavy atom. The van der Waals surface area contributed by atoms with E-state index in [0.29, 0.717) is 5.25 Å². The zero-order chi connectivity index (χ0) is 13.1. The second kappa shape index (κ2) is 6.29. The van der Waals surface area contributed by atoms with E-state index in [9.17, 15) is 5.11 Å². The van der Waals surface area contributed by atoms with Crippen LogP contribution in [0.25, 0.3) is 0 Å². The van der Waals surface area contributed by atoms with Gasteiger partial charge in [-0.25, -0.2) is 0 Å². The molecule has 3 rings (SSSR count). The number of hydrogen-bond donors (Lipinski definition) is 2. The fourth-order valence-electron chi connectivity index (χ4n) is 3.17. The van der Waals surface area contributed by atoms with Crippen LogP contribution < -0.4 is 5.32 Å². The Labute approximate surface area is 120 Å². The molecule has 1 unspecified atom stereocenters. The van der Waals surface area contributed by atoms with Gasteiger partial charge in [-0.1, -0.05) is 18.2 Å². The van der Waals surface area contributed by atoms with E-state index < -0.39 is 0 Å². The summed E-state index contributed by atoms with van der Waals surface area (Å²) in [4.78, 5) is 1.47. The van der Waals surface area contributed by atoms with Crippen molar-refractivity contribution in [2.24, 2.45) is 5.92 Å². The number of rotatable bonds is 4. The second-order valence-electron chi connectivity index (χ2n) is 5.88. The van der Waals surface area contributed by atoms with E-state index >= 15 is 0 Å². The molecule has 2 aliphatic rings. The smallest absolute Gasteiger partial charge is 0.0540 e. The van der Waals surface area contributed by atoms with Gasteiger partial charge < -0.3 is 10.4 Å². The number of benzene rings is 1. The molecule has 1 saturated carbocycles. The molecular weight excluding hydrogens is 254 g/mol. The average Bonchev–Trinajstić information content (AvgIpc) is 2.83. The minimum atomic E-state index is -0.0314. The number of nitrogens with one attached hydrogen (secondary N) is 1. The topological polar surface area (TPSA) is 32.3 Å². The number of fused-ring (bicyclic) bond motifs is 1. The molecule has 1 atom stereocenters. The van der Waals surface area contributed by atoms with Gasteiger partial charge in [0.15, 0.2) is 0 Å². The average molecular weight is 277 g/mol. The monoisotopic (exact) mass is 277 g/mol. The molecule has 1 fully saturated rings. The SMILES string of the molecule is OC1CCC(CNCC2Cc3ccccc3S2)CC1. The second-order valence-corrected chi connectivity index (χ2v) is 7.23. The van der Waals surface area contributed by atoms with Crippen LogP contribution >= 0.6 is 11.8 Å². The first-order valence-electron chi connectivity index (χ1n) is 7.44. The van der Waals surface area contributed by atoms with Crippen LogP contribution in [0.4, 0.5) is 0 Å². The summed E-state index contributed by atoms with van der Waals surface area (Å²) in [5.74, 6) is 0.775. The van der Waals surface area contributed by atoms with Crippen molar-refractivity contribution >= 4 is 11.8 Å². The highest BCUT2D eigenvalue weighted by atomic mass is 32.2.